The molecule has 110 valence electrons. The van der Waals surface area contributed by atoms with Crippen LogP contribution in [0, 0.1) is 6.92 Å². The quantitative estimate of drug-likeness (QED) is 0.907. The van der Waals surface area contributed by atoms with Gasteiger partial charge in [-0.15, -0.1) is 0 Å². The predicted molar refractivity (Wildman–Crippen MR) is 79.5 cm³/mol. The molecule has 1 amide bonds. The molecule has 0 fully saturated rings. The number of hydrogen-bond acceptors (Lipinski definition) is 4. The number of aromatic nitrogens is 2. The van der Waals surface area contributed by atoms with Crippen LogP contribution in [0.15, 0.2) is 16.9 Å². The maximum Gasteiger partial charge on any atom is 0.272 e. The summed E-state index contributed by atoms with van der Waals surface area (Å²) in [5, 5.41) is 7.73. The van der Waals surface area contributed by atoms with Crippen molar-refractivity contribution in [3.05, 3.63) is 33.7 Å². The summed E-state index contributed by atoms with van der Waals surface area (Å²) in [6.45, 7) is 3.72. The largest absolute Gasteiger partial charge is 0.364 e. The van der Waals surface area contributed by atoms with Gasteiger partial charge in [0.15, 0.2) is 5.60 Å². The second kappa shape index (κ2) is 4.39. The van der Waals surface area contributed by atoms with E-state index in [1.54, 1.807) is 18.0 Å². The lowest BCUT2D eigenvalue weighted by Gasteiger charge is -2.24. The topological polar surface area (TPSA) is 75.3 Å². The number of nitrogens with one attached hydrogen (secondary N) is 1. The summed E-state index contributed by atoms with van der Waals surface area (Å²) >= 11 is 0. The van der Waals surface area contributed by atoms with Crippen LogP contribution in [-0.2, 0) is 15.1 Å². The molecule has 0 radical (unpaired) electrons. The van der Waals surface area contributed by atoms with Crippen LogP contribution in [0.2, 0.25) is 0 Å². The molecule has 6 heteroatoms. The van der Waals surface area contributed by atoms with E-state index in [2.05, 4.69) is 10.2 Å². The molecule has 2 heterocycles. The number of nitrogens with zero attached hydrogens (tertiary/aromatic N) is 2. The highest BCUT2D eigenvalue weighted by Crippen LogP contribution is 2.45. The van der Waals surface area contributed by atoms with Crippen LogP contribution < -0.4 is 10.5 Å². The van der Waals surface area contributed by atoms with Gasteiger partial charge >= 0.3 is 0 Å². The fourth-order valence-electron chi connectivity index (χ4n) is 3.11. The zero-order valence-corrected chi connectivity index (χ0v) is 12.5. The number of carbonyl (C=O) groups excluding carboxylic acids is 1. The lowest BCUT2D eigenvalue weighted by molar-refractivity contribution is -0.140. The van der Waals surface area contributed by atoms with Crippen molar-refractivity contribution < 1.29 is 9.53 Å². The van der Waals surface area contributed by atoms with Crippen molar-refractivity contribution in [3.63, 3.8) is 0 Å². The molecule has 3 rings (SSSR count). The maximum atomic E-state index is 12.6. The van der Waals surface area contributed by atoms with Gasteiger partial charge in [0, 0.05) is 25.1 Å². The molecule has 0 bridgehead atoms. The third-order valence-corrected chi connectivity index (χ3v) is 4.39. The first-order valence-electron chi connectivity index (χ1n) is 6.83. The summed E-state index contributed by atoms with van der Waals surface area (Å²) in [7, 11) is 3.25. The molecule has 1 N–H and O–H groups in total. The zero-order chi connectivity index (χ0) is 15.4. The number of benzene rings is 1. The number of methoxy groups -OCH3 is 1. The fourth-order valence-corrected chi connectivity index (χ4v) is 3.11. The molecule has 2 aromatic rings. The van der Waals surface area contributed by atoms with Crippen molar-refractivity contribution in [1.82, 2.24) is 10.2 Å². The summed E-state index contributed by atoms with van der Waals surface area (Å²) < 4.78 is 5.56. The molecule has 1 aliphatic heterocycles. The molecular weight excluding hydrogens is 270 g/mol. The van der Waals surface area contributed by atoms with Crippen molar-refractivity contribution in [2.24, 2.45) is 0 Å². The Labute approximate surface area is 121 Å². The third kappa shape index (κ3) is 1.59. The van der Waals surface area contributed by atoms with Crippen LogP contribution in [0.25, 0.3) is 10.8 Å². The lowest BCUT2D eigenvalue weighted by Crippen LogP contribution is -2.39. The van der Waals surface area contributed by atoms with Gasteiger partial charge in [0.05, 0.1) is 16.8 Å². The van der Waals surface area contributed by atoms with Gasteiger partial charge in [0.25, 0.3) is 11.5 Å². The number of aryl methyl sites for hydroxylation is 1. The van der Waals surface area contributed by atoms with E-state index in [-0.39, 0.29) is 11.5 Å². The van der Waals surface area contributed by atoms with Crippen molar-refractivity contribution in [3.8, 4) is 0 Å². The Morgan fingerprint density at radius 2 is 2.05 bits per heavy atom. The second-order valence-corrected chi connectivity index (χ2v) is 5.30. The standard InChI is InChI=1S/C15H17N3O3/c1-5-15(21-4)11-6-10-9(8(2)16-17-13(10)19)7-12(11)18(3)14(15)20/h6-7H,5H2,1-4H3,(H,17,19). The molecule has 0 saturated carbocycles. The van der Waals surface area contributed by atoms with Gasteiger partial charge < -0.3 is 9.64 Å². The van der Waals surface area contributed by atoms with E-state index in [0.717, 1.165) is 22.3 Å². The van der Waals surface area contributed by atoms with Crippen LogP contribution in [0.3, 0.4) is 0 Å². The smallest absolute Gasteiger partial charge is 0.272 e. The normalized spacial score (nSPS) is 21.1. The number of likely N-dealkylation sites (N-methyl/N-ethyl adjacent to an activating group) is 1. The molecule has 0 aliphatic carbocycles. The molecule has 0 spiro atoms. The first-order chi connectivity index (χ1) is 9.96. The number of ether oxygens (including phenoxy) is 1. The molecule has 1 aromatic heterocycles. The summed E-state index contributed by atoms with van der Waals surface area (Å²) in [6.07, 6.45) is 0.507. The van der Waals surface area contributed by atoms with Crippen LogP contribution in [0.4, 0.5) is 5.69 Å². The van der Waals surface area contributed by atoms with Crippen molar-refractivity contribution in [2.75, 3.05) is 19.1 Å². The van der Waals surface area contributed by atoms with Crippen molar-refractivity contribution >= 4 is 22.4 Å². The van der Waals surface area contributed by atoms with Gasteiger partial charge in [0.1, 0.15) is 0 Å². The summed E-state index contributed by atoms with van der Waals surface area (Å²) in [5.41, 5.74) is 0.957. The Hall–Kier alpha value is -2.21. The summed E-state index contributed by atoms with van der Waals surface area (Å²) in [6, 6.07) is 3.60. The Bertz CT molecular complexity index is 806. The second-order valence-electron chi connectivity index (χ2n) is 5.30. The van der Waals surface area contributed by atoms with Crippen LogP contribution in [-0.4, -0.2) is 30.3 Å². The van der Waals surface area contributed by atoms with Crippen LogP contribution in [0.5, 0.6) is 0 Å². The molecule has 1 aromatic carbocycles. The summed E-state index contributed by atoms with van der Waals surface area (Å²) in [5.74, 6) is -0.111. The van der Waals surface area contributed by atoms with E-state index in [0.29, 0.717) is 11.8 Å². The maximum absolute atomic E-state index is 12.6. The van der Waals surface area contributed by atoms with Gasteiger partial charge in [0.2, 0.25) is 0 Å². The van der Waals surface area contributed by atoms with Crippen molar-refractivity contribution in [1.29, 1.82) is 0 Å². The van der Waals surface area contributed by atoms with E-state index in [4.69, 9.17) is 4.74 Å². The lowest BCUT2D eigenvalue weighted by atomic mass is 9.90. The molecular formula is C15H17N3O3. The summed E-state index contributed by atoms with van der Waals surface area (Å²) in [4.78, 5) is 26.2. The van der Waals surface area contributed by atoms with Gasteiger partial charge in [-0.3, -0.25) is 9.59 Å². The Morgan fingerprint density at radius 3 is 2.67 bits per heavy atom. The highest BCUT2D eigenvalue weighted by molar-refractivity contribution is 6.09. The van der Waals surface area contributed by atoms with E-state index in [1.807, 2.05) is 19.9 Å². The zero-order valence-electron chi connectivity index (χ0n) is 12.5. The van der Waals surface area contributed by atoms with E-state index in [1.165, 1.54) is 7.11 Å². The number of hydrogen-bond donors (Lipinski definition) is 1. The number of carbonyl (C=O) groups is 1. The van der Waals surface area contributed by atoms with Gasteiger partial charge in [-0.1, -0.05) is 6.92 Å². The first-order valence-corrected chi connectivity index (χ1v) is 6.83. The number of fused-ring (bicyclic) bond motifs is 2. The van der Waals surface area contributed by atoms with Gasteiger partial charge in [-0.2, -0.15) is 5.10 Å². The number of rotatable bonds is 2. The van der Waals surface area contributed by atoms with Crippen LogP contribution >= 0.6 is 0 Å². The van der Waals surface area contributed by atoms with Crippen LogP contribution in [0.1, 0.15) is 24.6 Å². The molecule has 0 saturated heterocycles. The van der Waals surface area contributed by atoms with E-state index >= 15 is 0 Å². The third-order valence-electron chi connectivity index (χ3n) is 4.39. The van der Waals surface area contributed by atoms with Gasteiger partial charge in [-0.25, -0.2) is 5.10 Å². The Balaban J connectivity index is 2.44. The minimum absolute atomic E-state index is 0.111. The molecule has 1 unspecified atom stereocenters. The van der Waals surface area contributed by atoms with E-state index < -0.39 is 5.60 Å². The monoisotopic (exact) mass is 287 g/mol. The van der Waals surface area contributed by atoms with Crippen molar-refractivity contribution in [2.45, 2.75) is 25.9 Å². The first kappa shape index (κ1) is 13.8. The van der Waals surface area contributed by atoms with Gasteiger partial charge in [-0.05, 0) is 25.5 Å². The average molecular weight is 287 g/mol. The molecule has 21 heavy (non-hydrogen) atoms. The van der Waals surface area contributed by atoms with E-state index in [9.17, 15) is 9.59 Å². The number of H-pyrrole nitrogens is 1. The predicted octanol–water partition coefficient (Wildman–Crippen LogP) is 1.46. The highest BCUT2D eigenvalue weighted by atomic mass is 16.5. The number of anilines is 1. The number of aromatic amines is 1. The fraction of sp³-hybridized carbons (Fsp3) is 0.400. The Morgan fingerprint density at radius 1 is 1.33 bits per heavy atom. The average Bonchev–Trinajstić information content (AvgIpc) is 2.71. The molecule has 6 nitrogen and oxygen atoms in total. The Kier molecular flexibility index (Phi) is 2.88. The molecule has 1 aliphatic rings. The number of amides is 1. The SMILES string of the molecule is CCC1(OC)C(=O)N(C)c2cc3c(C)n[nH]c(=O)c3cc21. The molecule has 1 atom stereocenters. The highest BCUT2D eigenvalue weighted by Gasteiger charge is 2.49. The minimum Gasteiger partial charge on any atom is -0.364 e. The minimum atomic E-state index is -1.01.